The second-order valence-electron chi connectivity index (χ2n) is 5.82. The molecule has 0 aliphatic rings. The summed E-state index contributed by atoms with van der Waals surface area (Å²) >= 11 is 0. The smallest absolute Gasteiger partial charge is 0.141 e. The number of aliphatic hydroxyl groups excluding tert-OH is 1. The SMILES string of the molecule is COc1ccc(Cn2c3ccccc3c3cc(CO)cnc32)cc1. The van der Waals surface area contributed by atoms with Crippen molar-refractivity contribution in [3.05, 3.63) is 71.9 Å². The van der Waals surface area contributed by atoms with Gasteiger partial charge in [0.2, 0.25) is 0 Å². The summed E-state index contributed by atoms with van der Waals surface area (Å²) in [6.07, 6.45) is 1.74. The van der Waals surface area contributed by atoms with Gasteiger partial charge in [0.25, 0.3) is 0 Å². The number of nitrogens with zero attached hydrogens (tertiary/aromatic N) is 2. The minimum Gasteiger partial charge on any atom is -0.497 e. The normalized spacial score (nSPS) is 11.2. The molecule has 1 N–H and O–H groups in total. The standard InChI is InChI=1S/C20H18N2O2/c1-24-16-8-6-14(7-9-16)12-22-19-5-3-2-4-17(19)18-10-15(13-23)11-21-20(18)22/h2-11,23H,12-13H2,1H3. The Kier molecular flexibility index (Phi) is 3.67. The molecule has 0 saturated heterocycles. The largest absolute Gasteiger partial charge is 0.497 e. The molecule has 2 aromatic carbocycles. The molecule has 4 rings (SSSR count). The van der Waals surface area contributed by atoms with Crippen molar-refractivity contribution in [2.45, 2.75) is 13.2 Å². The summed E-state index contributed by atoms with van der Waals surface area (Å²) in [6, 6.07) is 18.4. The third-order valence-corrected chi connectivity index (χ3v) is 4.35. The first-order valence-corrected chi connectivity index (χ1v) is 7.90. The molecule has 0 spiro atoms. The van der Waals surface area contributed by atoms with Crippen LogP contribution in [0.4, 0.5) is 0 Å². The van der Waals surface area contributed by atoms with Crippen molar-refractivity contribution in [1.82, 2.24) is 9.55 Å². The van der Waals surface area contributed by atoms with E-state index in [0.717, 1.165) is 39.8 Å². The van der Waals surface area contributed by atoms with E-state index >= 15 is 0 Å². The van der Waals surface area contributed by atoms with E-state index in [1.165, 1.54) is 5.56 Å². The Morgan fingerprint density at radius 3 is 2.54 bits per heavy atom. The van der Waals surface area contributed by atoms with Gasteiger partial charge in [0.05, 0.1) is 19.2 Å². The maximum Gasteiger partial charge on any atom is 0.141 e. The Bertz CT molecular complexity index is 1000. The lowest BCUT2D eigenvalue weighted by Crippen LogP contribution is -2.01. The van der Waals surface area contributed by atoms with Gasteiger partial charge in [-0.1, -0.05) is 30.3 Å². The van der Waals surface area contributed by atoms with E-state index in [0.29, 0.717) is 0 Å². The van der Waals surface area contributed by atoms with E-state index in [4.69, 9.17) is 4.74 Å². The molecule has 0 fully saturated rings. The fourth-order valence-corrected chi connectivity index (χ4v) is 3.13. The number of hydrogen-bond donors (Lipinski definition) is 1. The van der Waals surface area contributed by atoms with Crippen LogP contribution in [0, 0.1) is 0 Å². The summed E-state index contributed by atoms with van der Waals surface area (Å²) < 4.78 is 7.44. The molecule has 4 heteroatoms. The van der Waals surface area contributed by atoms with Crippen LogP contribution >= 0.6 is 0 Å². The number of benzene rings is 2. The highest BCUT2D eigenvalue weighted by atomic mass is 16.5. The first kappa shape index (κ1) is 14.7. The second-order valence-corrected chi connectivity index (χ2v) is 5.82. The lowest BCUT2D eigenvalue weighted by Gasteiger charge is -2.08. The van der Waals surface area contributed by atoms with Crippen molar-refractivity contribution in [3.63, 3.8) is 0 Å². The minimum absolute atomic E-state index is 0.000919. The summed E-state index contributed by atoms with van der Waals surface area (Å²) in [7, 11) is 1.67. The zero-order valence-electron chi connectivity index (χ0n) is 13.4. The van der Waals surface area contributed by atoms with Crippen LogP contribution in [0.5, 0.6) is 5.75 Å². The number of fused-ring (bicyclic) bond motifs is 3. The molecule has 2 heterocycles. The summed E-state index contributed by atoms with van der Waals surface area (Å²) in [5.74, 6) is 0.853. The average molecular weight is 318 g/mol. The highest BCUT2D eigenvalue weighted by Gasteiger charge is 2.12. The third-order valence-electron chi connectivity index (χ3n) is 4.35. The predicted molar refractivity (Wildman–Crippen MR) is 95.3 cm³/mol. The fraction of sp³-hybridized carbons (Fsp3) is 0.150. The molecule has 0 amide bonds. The van der Waals surface area contributed by atoms with Crippen molar-refractivity contribution in [3.8, 4) is 5.75 Å². The number of methoxy groups -OCH3 is 1. The Labute approximate surface area is 139 Å². The molecule has 4 nitrogen and oxygen atoms in total. The van der Waals surface area contributed by atoms with Crippen LogP contribution in [-0.2, 0) is 13.2 Å². The van der Waals surface area contributed by atoms with Crippen LogP contribution in [0.15, 0.2) is 60.8 Å². The van der Waals surface area contributed by atoms with Crippen molar-refractivity contribution in [1.29, 1.82) is 0 Å². The van der Waals surface area contributed by atoms with Gasteiger partial charge in [-0.05, 0) is 35.4 Å². The number of aliphatic hydroxyl groups is 1. The summed E-state index contributed by atoms with van der Waals surface area (Å²) in [6.45, 7) is 0.737. The van der Waals surface area contributed by atoms with Gasteiger partial charge in [-0.15, -0.1) is 0 Å². The van der Waals surface area contributed by atoms with Gasteiger partial charge in [-0.2, -0.15) is 0 Å². The lowest BCUT2D eigenvalue weighted by molar-refractivity contribution is 0.281. The molecular weight excluding hydrogens is 300 g/mol. The van der Waals surface area contributed by atoms with Crippen molar-refractivity contribution < 1.29 is 9.84 Å². The molecule has 0 aliphatic heterocycles. The highest BCUT2D eigenvalue weighted by Crippen LogP contribution is 2.29. The Morgan fingerprint density at radius 2 is 1.79 bits per heavy atom. The summed E-state index contributed by atoms with van der Waals surface area (Å²) in [5.41, 5.74) is 4.09. The van der Waals surface area contributed by atoms with Crippen LogP contribution < -0.4 is 4.74 Å². The number of hydrogen-bond acceptors (Lipinski definition) is 3. The van der Waals surface area contributed by atoms with E-state index in [1.54, 1.807) is 13.3 Å². The molecule has 120 valence electrons. The molecule has 0 unspecified atom stereocenters. The lowest BCUT2D eigenvalue weighted by atomic mass is 10.1. The zero-order chi connectivity index (χ0) is 16.5. The molecule has 0 atom stereocenters. The van der Waals surface area contributed by atoms with Crippen LogP contribution in [0.2, 0.25) is 0 Å². The van der Waals surface area contributed by atoms with Crippen molar-refractivity contribution in [2.75, 3.05) is 7.11 Å². The molecule has 4 aromatic rings. The van der Waals surface area contributed by atoms with Gasteiger partial charge in [0.1, 0.15) is 11.4 Å². The van der Waals surface area contributed by atoms with Gasteiger partial charge < -0.3 is 14.4 Å². The van der Waals surface area contributed by atoms with E-state index in [-0.39, 0.29) is 6.61 Å². The number of rotatable bonds is 4. The molecule has 0 bridgehead atoms. The van der Waals surface area contributed by atoms with Crippen LogP contribution in [-0.4, -0.2) is 21.8 Å². The average Bonchev–Trinajstić information content (AvgIpc) is 2.96. The Balaban J connectivity index is 1.88. The van der Waals surface area contributed by atoms with Crippen LogP contribution in [0.1, 0.15) is 11.1 Å². The minimum atomic E-state index is 0.000919. The number of aromatic nitrogens is 2. The number of pyridine rings is 1. The highest BCUT2D eigenvalue weighted by molar-refractivity contribution is 6.06. The Morgan fingerprint density at radius 1 is 1.00 bits per heavy atom. The van der Waals surface area contributed by atoms with Gasteiger partial charge in [0, 0.05) is 23.5 Å². The van der Waals surface area contributed by atoms with Crippen molar-refractivity contribution >= 4 is 21.9 Å². The number of para-hydroxylation sites is 1. The van der Waals surface area contributed by atoms with E-state index < -0.39 is 0 Å². The first-order valence-electron chi connectivity index (χ1n) is 7.90. The molecular formula is C20H18N2O2. The second kappa shape index (κ2) is 5.98. The molecule has 0 aliphatic carbocycles. The summed E-state index contributed by atoms with van der Waals surface area (Å²) in [4.78, 5) is 4.60. The molecule has 2 aromatic heterocycles. The molecule has 0 radical (unpaired) electrons. The molecule has 0 saturated carbocycles. The first-order chi connectivity index (χ1) is 11.8. The Hall–Kier alpha value is -2.85. The van der Waals surface area contributed by atoms with Gasteiger partial charge in [0.15, 0.2) is 0 Å². The van der Waals surface area contributed by atoms with E-state index in [1.807, 2.05) is 30.3 Å². The van der Waals surface area contributed by atoms with Crippen LogP contribution in [0.25, 0.3) is 21.9 Å². The zero-order valence-corrected chi connectivity index (χ0v) is 13.4. The predicted octanol–water partition coefficient (Wildman–Crippen LogP) is 3.74. The maximum absolute atomic E-state index is 9.40. The van der Waals surface area contributed by atoms with E-state index in [2.05, 4.69) is 33.8 Å². The van der Waals surface area contributed by atoms with Crippen LogP contribution in [0.3, 0.4) is 0 Å². The quantitative estimate of drug-likeness (QED) is 0.623. The van der Waals surface area contributed by atoms with E-state index in [9.17, 15) is 5.11 Å². The number of ether oxygens (including phenoxy) is 1. The molecule has 24 heavy (non-hydrogen) atoms. The van der Waals surface area contributed by atoms with Gasteiger partial charge in [-0.3, -0.25) is 0 Å². The van der Waals surface area contributed by atoms with Gasteiger partial charge >= 0.3 is 0 Å². The topological polar surface area (TPSA) is 47.3 Å². The van der Waals surface area contributed by atoms with Crippen molar-refractivity contribution in [2.24, 2.45) is 0 Å². The van der Waals surface area contributed by atoms with Gasteiger partial charge in [-0.25, -0.2) is 4.98 Å². The summed E-state index contributed by atoms with van der Waals surface area (Å²) in [5, 5.41) is 11.6. The third kappa shape index (κ3) is 2.41. The monoisotopic (exact) mass is 318 g/mol. The maximum atomic E-state index is 9.40. The fourth-order valence-electron chi connectivity index (χ4n) is 3.13.